The van der Waals surface area contributed by atoms with Crippen molar-refractivity contribution >= 4 is 49.2 Å². The summed E-state index contributed by atoms with van der Waals surface area (Å²) in [5.41, 5.74) is 2.74. The lowest BCUT2D eigenvalue weighted by Crippen LogP contribution is -2.39. The summed E-state index contributed by atoms with van der Waals surface area (Å²) in [5, 5.41) is 0. The average Bonchev–Trinajstić information content (AvgIpc) is 2.40. The topological polar surface area (TPSA) is 43.4 Å². The first kappa shape index (κ1) is 14.0. The van der Waals surface area contributed by atoms with Crippen LogP contribution in [-0.2, 0) is 14.3 Å². The van der Waals surface area contributed by atoms with Crippen molar-refractivity contribution in [2.24, 2.45) is 11.8 Å². The lowest BCUT2D eigenvalue weighted by atomic mass is 9.71. The molecule has 0 saturated carbocycles. The van der Waals surface area contributed by atoms with Gasteiger partial charge in [-0.2, -0.15) is 0 Å². The van der Waals surface area contributed by atoms with E-state index >= 15 is 0 Å². The van der Waals surface area contributed by atoms with Crippen molar-refractivity contribution in [3.05, 3.63) is 47.1 Å². The minimum Gasteiger partial charge on any atom is -0.389 e. The maximum Gasteiger partial charge on any atom is 0.342 e. The van der Waals surface area contributed by atoms with Crippen molar-refractivity contribution in [3.8, 4) is 0 Å². The summed E-state index contributed by atoms with van der Waals surface area (Å²) in [6, 6.07) is 0. The Bertz CT molecular complexity index is 526. The fourth-order valence-electron chi connectivity index (χ4n) is 2.47. The molecule has 0 amide bonds. The van der Waals surface area contributed by atoms with Crippen molar-refractivity contribution in [2.45, 2.75) is 6.92 Å². The molecule has 0 N–H and O–H groups in total. The smallest absolute Gasteiger partial charge is 0.342 e. The Labute approximate surface area is 128 Å². The van der Waals surface area contributed by atoms with Gasteiger partial charge in [0.2, 0.25) is 0 Å². The predicted molar refractivity (Wildman–Crippen MR) is 85.2 cm³/mol. The van der Waals surface area contributed by atoms with Gasteiger partial charge in [0.1, 0.15) is 0 Å². The van der Waals surface area contributed by atoms with Crippen LogP contribution in [0, 0.1) is 11.8 Å². The minimum absolute atomic E-state index is 0.135. The van der Waals surface area contributed by atoms with Crippen LogP contribution in [0.25, 0.3) is 0 Å². The zero-order valence-corrected chi connectivity index (χ0v) is 13.8. The van der Waals surface area contributed by atoms with Gasteiger partial charge in [0.15, 0.2) is 0 Å². The molecule has 1 heterocycles. The van der Waals surface area contributed by atoms with Crippen molar-refractivity contribution in [1.29, 1.82) is 0 Å². The molecule has 18 heavy (non-hydrogen) atoms. The van der Waals surface area contributed by atoms with E-state index in [1.54, 1.807) is 12.2 Å². The van der Waals surface area contributed by atoms with E-state index < -0.39 is 11.9 Å². The zero-order chi connectivity index (χ0) is 13.3. The van der Waals surface area contributed by atoms with Crippen LogP contribution in [-0.4, -0.2) is 11.9 Å². The Morgan fingerprint density at radius 3 is 2.56 bits per heavy atom. The number of hydrogen-bond acceptors (Lipinski definition) is 3. The molecule has 3 nitrogen and oxygen atoms in total. The number of esters is 2. The number of ether oxygens (including phenoxy) is 1. The van der Waals surface area contributed by atoms with Crippen LogP contribution in [0.5, 0.6) is 0 Å². The molecule has 2 aliphatic carbocycles. The van der Waals surface area contributed by atoms with Crippen LogP contribution < -0.4 is 0 Å². The van der Waals surface area contributed by atoms with Gasteiger partial charge in [-0.25, -0.2) is 4.79 Å². The Morgan fingerprint density at radius 1 is 1.11 bits per heavy atom. The molecule has 0 aromatic heterocycles. The molecule has 94 valence electrons. The van der Waals surface area contributed by atoms with E-state index in [2.05, 4.69) is 37.2 Å². The monoisotopic (exact) mass is 468 g/mol. The first-order valence-corrected chi connectivity index (χ1v) is 11.6. The number of carbonyl (C=O) groups is 2. The summed E-state index contributed by atoms with van der Waals surface area (Å²) >= 11 is 4.24. The van der Waals surface area contributed by atoms with Gasteiger partial charge in [0.05, 0.1) is 5.92 Å². The number of rotatable bonds is 0. The third kappa shape index (κ3) is 2.22. The van der Waals surface area contributed by atoms with E-state index in [1.807, 2.05) is 25.2 Å². The van der Waals surface area contributed by atoms with E-state index in [1.165, 1.54) is 0 Å². The van der Waals surface area contributed by atoms with Crippen LogP contribution in [0.15, 0.2) is 47.1 Å². The molecular formula is C13H10I2O3. The van der Waals surface area contributed by atoms with Crippen LogP contribution in [0.1, 0.15) is 6.92 Å². The number of halogens is 2. The molecule has 1 fully saturated rings. The highest BCUT2D eigenvalue weighted by molar-refractivity contribution is 15.0. The van der Waals surface area contributed by atoms with Crippen molar-refractivity contribution in [3.63, 3.8) is 0 Å². The van der Waals surface area contributed by atoms with Crippen LogP contribution >= 0.6 is 37.2 Å². The molecule has 0 spiro atoms. The maximum absolute atomic E-state index is 11.6. The second kappa shape index (κ2) is 5.68. The minimum atomic E-state index is -0.504. The molecule has 2 atom stereocenters. The quantitative estimate of drug-likeness (QED) is 0.311. The number of allylic oxidation sites excluding steroid dienone is 6. The lowest BCUT2D eigenvalue weighted by Gasteiger charge is -2.35. The fraction of sp³-hybridized carbons (Fsp3) is 0.231. The normalized spacial score (nSPS) is 28.1. The Kier molecular flexibility index (Phi) is 4.41. The van der Waals surface area contributed by atoms with E-state index in [9.17, 15) is 9.59 Å². The van der Waals surface area contributed by atoms with E-state index in [0.29, 0.717) is 5.57 Å². The third-order valence-corrected chi connectivity index (χ3v) is 3.29. The van der Waals surface area contributed by atoms with E-state index in [-0.39, 0.29) is 11.8 Å². The number of hydrogen-bond donors (Lipinski definition) is 0. The van der Waals surface area contributed by atoms with Gasteiger partial charge in [-0.1, -0.05) is 30.4 Å². The largest absolute Gasteiger partial charge is 0.389 e. The molecule has 0 radical (unpaired) electrons. The van der Waals surface area contributed by atoms with Gasteiger partial charge < -0.3 is 4.74 Å². The molecule has 1 aliphatic heterocycles. The van der Waals surface area contributed by atoms with Gasteiger partial charge in [-0.05, 0) is 18.1 Å². The second-order valence-corrected chi connectivity index (χ2v) is 4.19. The molecule has 0 aromatic carbocycles. The van der Waals surface area contributed by atoms with Crippen LogP contribution in [0.4, 0.5) is 0 Å². The van der Waals surface area contributed by atoms with Gasteiger partial charge in [0, 0.05) is 48.7 Å². The second-order valence-electron chi connectivity index (χ2n) is 4.19. The predicted octanol–water partition coefficient (Wildman–Crippen LogP) is 3.46. The van der Waals surface area contributed by atoms with E-state index in [0.717, 1.165) is 11.1 Å². The van der Waals surface area contributed by atoms with Gasteiger partial charge in [-0.15, -0.1) is 0 Å². The lowest BCUT2D eigenvalue weighted by molar-refractivity contribution is -0.163. The van der Waals surface area contributed by atoms with Crippen LogP contribution in [0.3, 0.4) is 0 Å². The molecule has 3 aliphatic rings. The molecule has 1 saturated heterocycles. The SMILES string of the molecule is CC1=CC=C2C(=O)OC(=O)C3C=CC=C1C23.II. The summed E-state index contributed by atoms with van der Waals surface area (Å²) in [6.45, 7) is 1.99. The highest BCUT2D eigenvalue weighted by Crippen LogP contribution is 2.42. The Hall–Kier alpha value is -0.440. The summed E-state index contributed by atoms with van der Waals surface area (Å²) in [7, 11) is 0. The maximum atomic E-state index is 11.6. The summed E-state index contributed by atoms with van der Waals surface area (Å²) in [4.78, 5) is 23.2. The number of carbonyl (C=O) groups excluding carboxylic acids is 2. The molecule has 2 unspecified atom stereocenters. The first-order chi connectivity index (χ1) is 8.68. The van der Waals surface area contributed by atoms with Gasteiger partial charge >= 0.3 is 11.9 Å². The van der Waals surface area contributed by atoms with E-state index in [4.69, 9.17) is 4.74 Å². The highest BCUT2D eigenvalue weighted by Gasteiger charge is 2.44. The fourth-order valence-corrected chi connectivity index (χ4v) is 2.47. The van der Waals surface area contributed by atoms with Crippen molar-refractivity contribution in [1.82, 2.24) is 0 Å². The Morgan fingerprint density at radius 2 is 1.83 bits per heavy atom. The molecule has 0 aromatic rings. The van der Waals surface area contributed by atoms with Crippen molar-refractivity contribution in [2.75, 3.05) is 0 Å². The van der Waals surface area contributed by atoms with Gasteiger partial charge in [0.25, 0.3) is 0 Å². The third-order valence-electron chi connectivity index (χ3n) is 3.29. The highest BCUT2D eigenvalue weighted by atomic mass is 128. The first-order valence-electron chi connectivity index (χ1n) is 5.36. The molecular weight excluding hydrogens is 458 g/mol. The summed E-state index contributed by atoms with van der Waals surface area (Å²) < 4.78 is 4.72. The Balaban J connectivity index is 0.000000574. The molecule has 3 rings (SSSR count). The average molecular weight is 468 g/mol. The molecule has 0 bridgehead atoms. The standard InChI is InChI=1S/C13H10O3.I2/c1-7-5-6-10-11-8(7)3-2-4-9(11)12(14)16-13(10)15;1-2/h2-6,9,11H,1H3;. The number of cyclic esters (lactones) is 2. The van der Waals surface area contributed by atoms with Crippen LogP contribution in [0.2, 0.25) is 0 Å². The van der Waals surface area contributed by atoms with Gasteiger partial charge in [-0.3, -0.25) is 4.79 Å². The summed E-state index contributed by atoms with van der Waals surface area (Å²) in [5.74, 6) is -1.42. The molecule has 5 heteroatoms. The van der Waals surface area contributed by atoms with Crippen molar-refractivity contribution < 1.29 is 14.3 Å². The zero-order valence-electron chi connectivity index (χ0n) is 9.52. The summed E-state index contributed by atoms with van der Waals surface area (Å²) in [6.07, 6.45) is 9.28.